The smallest absolute Gasteiger partial charge is 0.335 e. The van der Waals surface area contributed by atoms with E-state index in [-0.39, 0.29) is 11.5 Å². The molecule has 1 unspecified atom stereocenters. The van der Waals surface area contributed by atoms with E-state index >= 15 is 0 Å². The van der Waals surface area contributed by atoms with Crippen molar-refractivity contribution in [1.82, 2.24) is 9.97 Å². The van der Waals surface area contributed by atoms with E-state index in [1.165, 1.54) is 0 Å². The number of aromatic nitrogens is 2. The Morgan fingerprint density at radius 1 is 0.920 bits per heavy atom. The number of rotatable bonds is 5. The standard InChI is InChI=1S/C19H18N4O2/c20-17-5-1-3-14(22-17)11-15(16-4-2-6-18(21)23-16)12-7-9-13(10-8-12)19(24)25/h1-10,15H,11H2,(H2,20,22)(H2,21,23)(H,24,25). The SMILES string of the molecule is Nc1cccc(CC(c2ccc(C(=O)O)cc2)c2cccc(N)n2)n1. The summed E-state index contributed by atoms with van der Waals surface area (Å²) in [7, 11) is 0. The van der Waals surface area contributed by atoms with E-state index in [0.29, 0.717) is 18.1 Å². The molecule has 0 saturated carbocycles. The van der Waals surface area contributed by atoms with E-state index in [4.69, 9.17) is 16.6 Å². The molecule has 2 aromatic heterocycles. The van der Waals surface area contributed by atoms with Crippen molar-refractivity contribution >= 4 is 17.6 Å². The van der Waals surface area contributed by atoms with Gasteiger partial charge in [-0.3, -0.25) is 0 Å². The minimum absolute atomic E-state index is 0.111. The van der Waals surface area contributed by atoms with Crippen molar-refractivity contribution in [2.24, 2.45) is 0 Å². The minimum atomic E-state index is -0.956. The van der Waals surface area contributed by atoms with E-state index in [1.807, 2.05) is 24.3 Å². The second-order valence-corrected chi connectivity index (χ2v) is 5.72. The fraction of sp³-hybridized carbons (Fsp3) is 0.105. The highest BCUT2D eigenvalue weighted by molar-refractivity contribution is 5.87. The number of anilines is 2. The Bertz CT molecular complexity index is 894. The third-order valence-corrected chi connectivity index (χ3v) is 3.95. The normalized spacial score (nSPS) is 11.8. The van der Waals surface area contributed by atoms with Crippen molar-refractivity contribution < 1.29 is 9.90 Å². The molecule has 1 atom stereocenters. The first-order valence-corrected chi connectivity index (χ1v) is 7.80. The molecule has 6 heteroatoms. The third-order valence-electron chi connectivity index (χ3n) is 3.95. The van der Waals surface area contributed by atoms with Crippen molar-refractivity contribution in [1.29, 1.82) is 0 Å². The average molecular weight is 334 g/mol. The molecule has 2 heterocycles. The van der Waals surface area contributed by atoms with Crippen molar-refractivity contribution in [2.75, 3.05) is 11.5 Å². The van der Waals surface area contributed by atoms with Gasteiger partial charge in [-0.25, -0.2) is 14.8 Å². The fourth-order valence-electron chi connectivity index (χ4n) is 2.74. The fourth-order valence-corrected chi connectivity index (χ4v) is 2.74. The number of carbonyl (C=O) groups is 1. The van der Waals surface area contributed by atoms with E-state index in [0.717, 1.165) is 17.0 Å². The predicted octanol–water partition coefficient (Wildman–Crippen LogP) is 2.71. The van der Waals surface area contributed by atoms with Gasteiger partial charge < -0.3 is 16.6 Å². The molecule has 126 valence electrons. The monoisotopic (exact) mass is 334 g/mol. The summed E-state index contributed by atoms with van der Waals surface area (Å²) in [5.41, 5.74) is 14.4. The summed E-state index contributed by atoms with van der Waals surface area (Å²) in [5.74, 6) is -0.175. The quantitative estimate of drug-likeness (QED) is 0.661. The van der Waals surface area contributed by atoms with Crippen LogP contribution in [0.1, 0.15) is 33.2 Å². The first-order chi connectivity index (χ1) is 12.0. The maximum absolute atomic E-state index is 11.1. The molecule has 1 aromatic carbocycles. The largest absolute Gasteiger partial charge is 0.478 e. The molecule has 5 N–H and O–H groups in total. The van der Waals surface area contributed by atoms with Crippen LogP contribution < -0.4 is 11.5 Å². The molecular weight excluding hydrogens is 316 g/mol. The first-order valence-electron chi connectivity index (χ1n) is 7.80. The minimum Gasteiger partial charge on any atom is -0.478 e. The molecule has 0 amide bonds. The number of nitrogen functional groups attached to an aromatic ring is 2. The Morgan fingerprint density at radius 3 is 2.16 bits per heavy atom. The lowest BCUT2D eigenvalue weighted by Crippen LogP contribution is -2.10. The molecule has 6 nitrogen and oxygen atoms in total. The van der Waals surface area contributed by atoms with Gasteiger partial charge in [0.2, 0.25) is 0 Å². The third kappa shape index (κ3) is 3.92. The number of aromatic carboxylic acids is 1. The summed E-state index contributed by atoms with van der Waals surface area (Å²) in [6, 6.07) is 17.7. The van der Waals surface area contributed by atoms with Crippen LogP contribution in [0, 0.1) is 0 Å². The predicted molar refractivity (Wildman–Crippen MR) is 96.2 cm³/mol. The molecule has 0 aliphatic rings. The van der Waals surface area contributed by atoms with Gasteiger partial charge in [0.25, 0.3) is 0 Å². The van der Waals surface area contributed by atoms with Crippen molar-refractivity contribution in [3.63, 3.8) is 0 Å². The zero-order valence-corrected chi connectivity index (χ0v) is 13.5. The Kier molecular flexibility index (Phi) is 4.61. The topological polar surface area (TPSA) is 115 Å². The Morgan fingerprint density at radius 2 is 1.56 bits per heavy atom. The molecule has 3 rings (SSSR count). The van der Waals surface area contributed by atoms with E-state index in [2.05, 4.69) is 9.97 Å². The second kappa shape index (κ2) is 7.00. The highest BCUT2D eigenvalue weighted by Gasteiger charge is 2.18. The summed E-state index contributed by atoms with van der Waals surface area (Å²) in [6.07, 6.45) is 0.577. The first kappa shape index (κ1) is 16.4. The van der Waals surface area contributed by atoms with Gasteiger partial charge in [0.1, 0.15) is 11.6 Å². The maximum Gasteiger partial charge on any atom is 0.335 e. The van der Waals surface area contributed by atoms with Crippen LogP contribution in [-0.2, 0) is 6.42 Å². The molecule has 0 fully saturated rings. The highest BCUT2D eigenvalue weighted by Crippen LogP contribution is 2.28. The van der Waals surface area contributed by atoms with Gasteiger partial charge in [-0.05, 0) is 42.0 Å². The molecule has 0 aliphatic heterocycles. The molecular formula is C19H18N4O2. The Balaban J connectivity index is 2.00. The Hall–Kier alpha value is -3.41. The summed E-state index contributed by atoms with van der Waals surface area (Å²) >= 11 is 0. The van der Waals surface area contributed by atoms with Gasteiger partial charge in [-0.15, -0.1) is 0 Å². The lowest BCUT2D eigenvalue weighted by Gasteiger charge is -2.17. The van der Waals surface area contributed by atoms with E-state index in [1.54, 1.807) is 36.4 Å². The van der Waals surface area contributed by atoms with Crippen LogP contribution >= 0.6 is 0 Å². The van der Waals surface area contributed by atoms with E-state index in [9.17, 15) is 4.79 Å². The van der Waals surface area contributed by atoms with E-state index < -0.39 is 5.97 Å². The number of hydrogen-bond acceptors (Lipinski definition) is 5. The lowest BCUT2D eigenvalue weighted by atomic mass is 9.90. The van der Waals surface area contributed by atoms with Crippen LogP contribution in [0.15, 0.2) is 60.7 Å². The molecule has 0 spiro atoms. The Labute approximate surface area is 145 Å². The van der Waals surface area contributed by atoms with Crippen LogP contribution in [0.5, 0.6) is 0 Å². The summed E-state index contributed by atoms with van der Waals surface area (Å²) in [5, 5.41) is 9.08. The van der Waals surface area contributed by atoms with Crippen LogP contribution in [0.4, 0.5) is 11.6 Å². The van der Waals surface area contributed by atoms with Crippen molar-refractivity contribution in [2.45, 2.75) is 12.3 Å². The average Bonchev–Trinajstić information content (AvgIpc) is 2.60. The van der Waals surface area contributed by atoms with Crippen LogP contribution in [0.25, 0.3) is 0 Å². The molecule has 0 bridgehead atoms. The number of carboxylic acid groups (broad SMARTS) is 1. The molecule has 0 radical (unpaired) electrons. The van der Waals surface area contributed by atoms with Crippen LogP contribution in [-0.4, -0.2) is 21.0 Å². The van der Waals surface area contributed by atoms with Gasteiger partial charge >= 0.3 is 5.97 Å². The van der Waals surface area contributed by atoms with Gasteiger partial charge in [0.15, 0.2) is 0 Å². The number of carboxylic acids is 1. The van der Waals surface area contributed by atoms with Crippen molar-refractivity contribution in [3.05, 3.63) is 83.2 Å². The number of benzene rings is 1. The van der Waals surface area contributed by atoms with Crippen molar-refractivity contribution in [3.8, 4) is 0 Å². The zero-order chi connectivity index (χ0) is 17.8. The summed E-state index contributed by atoms with van der Waals surface area (Å²) in [6.45, 7) is 0. The maximum atomic E-state index is 11.1. The second-order valence-electron chi connectivity index (χ2n) is 5.72. The summed E-state index contributed by atoms with van der Waals surface area (Å²) < 4.78 is 0. The lowest BCUT2D eigenvalue weighted by molar-refractivity contribution is 0.0697. The molecule has 0 saturated heterocycles. The number of nitrogens with zero attached hydrogens (tertiary/aromatic N) is 2. The van der Waals surface area contributed by atoms with Crippen LogP contribution in [0.3, 0.4) is 0 Å². The zero-order valence-electron chi connectivity index (χ0n) is 13.5. The number of hydrogen-bond donors (Lipinski definition) is 3. The molecule has 0 aliphatic carbocycles. The van der Waals surface area contributed by atoms with Gasteiger partial charge in [0, 0.05) is 18.0 Å². The molecule has 3 aromatic rings. The number of nitrogens with two attached hydrogens (primary N) is 2. The highest BCUT2D eigenvalue weighted by atomic mass is 16.4. The van der Waals surface area contributed by atoms with Crippen LogP contribution in [0.2, 0.25) is 0 Å². The summed E-state index contributed by atoms with van der Waals surface area (Å²) in [4.78, 5) is 19.9. The number of pyridine rings is 2. The van der Waals surface area contributed by atoms with Gasteiger partial charge in [-0.2, -0.15) is 0 Å². The van der Waals surface area contributed by atoms with Gasteiger partial charge in [0.05, 0.1) is 11.3 Å². The molecule has 25 heavy (non-hydrogen) atoms. The van der Waals surface area contributed by atoms with Gasteiger partial charge in [-0.1, -0.05) is 24.3 Å².